The van der Waals surface area contributed by atoms with Crippen molar-refractivity contribution >= 4 is 44.5 Å². The molecule has 8 nitrogen and oxygen atoms in total. The standard InChI is InChI=1S/C28H27N5O3/c1-17-20-9-11-30-25(27(34)31-12-13-32(2)3)22(20)15-23-21-14-19(7-8-24(21)33(4)26(17)23)36-28(35)18-6-5-10-29-16-18/h5-11,14-16H,12-13H2,1-4H3,(H,31,34). The SMILES string of the molecule is Cc1c2ccnc(C(=O)NCCN(C)C)c2cc2c3cc(OC(=O)c4cccnc4)ccc3n(C)c12. The number of hydrogen-bond donors (Lipinski definition) is 1. The van der Waals surface area contributed by atoms with Gasteiger partial charge in [-0.15, -0.1) is 0 Å². The number of rotatable bonds is 6. The summed E-state index contributed by atoms with van der Waals surface area (Å²) in [5, 5.41) is 6.62. The Kier molecular flexibility index (Phi) is 6.12. The van der Waals surface area contributed by atoms with Crippen LogP contribution in [0.25, 0.3) is 32.6 Å². The maximum Gasteiger partial charge on any atom is 0.345 e. The largest absolute Gasteiger partial charge is 0.423 e. The van der Waals surface area contributed by atoms with Gasteiger partial charge in [0, 0.05) is 60.4 Å². The van der Waals surface area contributed by atoms with Crippen LogP contribution in [0.1, 0.15) is 26.4 Å². The van der Waals surface area contributed by atoms with E-state index >= 15 is 0 Å². The van der Waals surface area contributed by atoms with Gasteiger partial charge in [-0.1, -0.05) is 0 Å². The molecule has 0 aliphatic rings. The fourth-order valence-corrected chi connectivity index (χ4v) is 4.64. The molecule has 0 bridgehead atoms. The van der Waals surface area contributed by atoms with Gasteiger partial charge in [-0.05, 0) is 74.4 Å². The summed E-state index contributed by atoms with van der Waals surface area (Å²) in [7, 11) is 5.94. The molecular weight excluding hydrogens is 454 g/mol. The lowest BCUT2D eigenvalue weighted by atomic mass is 10.00. The molecule has 1 N–H and O–H groups in total. The molecule has 0 atom stereocenters. The minimum atomic E-state index is -0.467. The highest BCUT2D eigenvalue weighted by molar-refractivity contribution is 6.17. The lowest BCUT2D eigenvalue weighted by molar-refractivity contribution is 0.0734. The van der Waals surface area contributed by atoms with E-state index in [1.54, 1.807) is 30.6 Å². The lowest BCUT2D eigenvalue weighted by Crippen LogP contribution is -2.31. The van der Waals surface area contributed by atoms with Crippen LogP contribution in [0.2, 0.25) is 0 Å². The van der Waals surface area contributed by atoms with Crippen LogP contribution >= 0.6 is 0 Å². The normalized spacial score (nSPS) is 11.5. The number of likely N-dealkylation sites (N-methyl/N-ethyl adjacent to an activating group) is 1. The third-order valence-corrected chi connectivity index (χ3v) is 6.42. The highest BCUT2D eigenvalue weighted by Crippen LogP contribution is 2.37. The molecule has 1 amide bonds. The molecule has 5 aromatic rings. The molecule has 0 fully saturated rings. The summed E-state index contributed by atoms with van der Waals surface area (Å²) in [4.78, 5) is 36.0. The van der Waals surface area contributed by atoms with Crippen LogP contribution in [-0.2, 0) is 7.05 Å². The van der Waals surface area contributed by atoms with Crippen LogP contribution in [0.3, 0.4) is 0 Å². The number of nitrogens with one attached hydrogen (secondary N) is 1. The highest BCUT2D eigenvalue weighted by Gasteiger charge is 2.19. The van der Waals surface area contributed by atoms with Crippen molar-refractivity contribution < 1.29 is 14.3 Å². The van der Waals surface area contributed by atoms with E-state index in [1.807, 2.05) is 50.3 Å². The highest BCUT2D eigenvalue weighted by atomic mass is 16.5. The number of pyridine rings is 2. The van der Waals surface area contributed by atoms with Crippen molar-refractivity contribution in [3.05, 3.63) is 77.9 Å². The molecule has 2 aromatic carbocycles. The molecule has 0 unspecified atom stereocenters. The molecule has 3 heterocycles. The van der Waals surface area contributed by atoms with Crippen molar-refractivity contribution in [2.75, 3.05) is 27.2 Å². The summed E-state index contributed by atoms with van der Waals surface area (Å²) in [5.41, 5.74) is 3.88. The number of amides is 1. The van der Waals surface area contributed by atoms with Crippen LogP contribution in [-0.4, -0.2) is 58.5 Å². The number of carbonyl (C=O) groups is 2. The number of esters is 1. The fourth-order valence-electron chi connectivity index (χ4n) is 4.64. The first-order valence-corrected chi connectivity index (χ1v) is 11.7. The molecule has 0 aliphatic heterocycles. The topological polar surface area (TPSA) is 89.3 Å². The van der Waals surface area contributed by atoms with Gasteiger partial charge in [0.25, 0.3) is 5.91 Å². The molecule has 0 saturated heterocycles. The first kappa shape index (κ1) is 23.4. The lowest BCUT2D eigenvalue weighted by Gasteiger charge is -2.12. The van der Waals surface area contributed by atoms with E-state index in [0.717, 1.165) is 44.7 Å². The van der Waals surface area contributed by atoms with Gasteiger partial charge in [-0.3, -0.25) is 14.8 Å². The van der Waals surface area contributed by atoms with Crippen LogP contribution in [0, 0.1) is 6.92 Å². The number of carbonyl (C=O) groups excluding carboxylic acids is 2. The number of ether oxygens (including phenoxy) is 1. The van der Waals surface area contributed by atoms with E-state index in [0.29, 0.717) is 23.6 Å². The Balaban J connectivity index is 1.61. The summed E-state index contributed by atoms with van der Waals surface area (Å²) < 4.78 is 7.77. The van der Waals surface area contributed by atoms with Gasteiger partial charge in [-0.2, -0.15) is 0 Å². The number of hydrogen-bond acceptors (Lipinski definition) is 6. The van der Waals surface area contributed by atoms with Crippen molar-refractivity contribution in [1.82, 2.24) is 24.8 Å². The minimum Gasteiger partial charge on any atom is -0.423 e. The summed E-state index contributed by atoms with van der Waals surface area (Å²) >= 11 is 0. The molecule has 0 spiro atoms. The van der Waals surface area contributed by atoms with E-state index in [-0.39, 0.29) is 5.91 Å². The zero-order chi connectivity index (χ0) is 25.4. The van der Waals surface area contributed by atoms with Crippen LogP contribution < -0.4 is 10.1 Å². The maximum atomic E-state index is 13.0. The third kappa shape index (κ3) is 4.16. The molecule has 5 rings (SSSR count). The number of aromatic nitrogens is 3. The number of nitrogens with zero attached hydrogens (tertiary/aromatic N) is 4. The van der Waals surface area contributed by atoms with Gasteiger partial charge < -0.3 is 19.5 Å². The molecular formula is C28H27N5O3. The van der Waals surface area contributed by atoms with Crippen molar-refractivity contribution in [1.29, 1.82) is 0 Å². The third-order valence-electron chi connectivity index (χ3n) is 6.42. The average Bonchev–Trinajstić information content (AvgIpc) is 3.15. The molecule has 0 aliphatic carbocycles. The van der Waals surface area contributed by atoms with Crippen molar-refractivity contribution in [2.45, 2.75) is 6.92 Å². The van der Waals surface area contributed by atoms with Crippen molar-refractivity contribution in [3.8, 4) is 5.75 Å². The maximum absolute atomic E-state index is 13.0. The number of aryl methyl sites for hydroxylation is 2. The molecule has 3 aromatic heterocycles. The fraction of sp³-hybridized carbons (Fsp3) is 0.214. The van der Waals surface area contributed by atoms with Crippen molar-refractivity contribution in [2.24, 2.45) is 7.05 Å². The van der Waals surface area contributed by atoms with E-state index in [2.05, 4.69) is 26.8 Å². The summed E-state index contributed by atoms with van der Waals surface area (Å²) in [6.07, 6.45) is 4.77. The molecule has 0 radical (unpaired) electrons. The Bertz CT molecular complexity index is 1620. The zero-order valence-corrected chi connectivity index (χ0v) is 20.7. The molecule has 36 heavy (non-hydrogen) atoms. The van der Waals surface area contributed by atoms with Gasteiger partial charge in [-0.25, -0.2) is 4.79 Å². The van der Waals surface area contributed by atoms with Crippen LogP contribution in [0.15, 0.2) is 61.1 Å². The first-order valence-electron chi connectivity index (χ1n) is 11.7. The average molecular weight is 482 g/mol. The van der Waals surface area contributed by atoms with E-state index < -0.39 is 5.97 Å². The number of benzene rings is 2. The predicted octanol–water partition coefficient (Wildman–Crippen LogP) is 4.09. The van der Waals surface area contributed by atoms with Gasteiger partial charge in [0.05, 0.1) is 11.1 Å². The Morgan fingerprint density at radius 1 is 1.03 bits per heavy atom. The van der Waals surface area contributed by atoms with Gasteiger partial charge in [0.1, 0.15) is 11.4 Å². The van der Waals surface area contributed by atoms with Gasteiger partial charge in [0.15, 0.2) is 0 Å². The van der Waals surface area contributed by atoms with Gasteiger partial charge in [0.2, 0.25) is 0 Å². The van der Waals surface area contributed by atoms with Crippen LogP contribution in [0.4, 0.5) is 0 Å². The zero-order valence-electron chi connectivity index (χ0n) is 20.7. The van der Waals surface area contributed by atoms with E-state index in [9.17, 15) is 9.59 Å². The second-order valence-corrected chi connectivity index (χ2v) is 9.08. The molecule has 8 heteroatoms. The second-order valence-electron chi connectivity index (χ2n) is 9.08. The molecule has 0 saturated carbocycles. The number of fused-ring (bicyclic) bond motifs is 4. The summed E-state index contributed by atoms with van der Waals surface area (Å²) in [5.74, 6) is -0.229. The Morgan fingerprint density at radius 2 is 1.86 bits per heavy atom. The van der Waals surface area contributed by atoms with E-state index in [4.69, 9.17) is 4.74 Å². The molecule has 182 valence electrons. The predicted molar refractivity (Wildman–Crippen MR) is 141 cm³/mol. The van der Waals surface area contributed by atoms with E-state index in [1.165, 1.54) is 6.20 Å². The van der Waals surface area contributed by atoms with Crippen LogP contribution in [0.5, 0.6) is 5.75 Å². The summed E-state index contributed by atoms with van der Waals surface area (Å²) in [6.45, 7) is 3.33. The Morgan fingerprint density at radius 3 is 2.61 bits per heavy atom. The smallest absolute Gasteiger partial charge is 0.345 e. The Labute approximate surface area is 208 Å². The van der Waals surface area contributed by atoms with Crippen molar-refractivity contribution in [3.63, 3.8) is 0 Å². The monoisotopic (exact) mass is 481 g/mol. The first-order chi connectivity index (χ1) is 17.3. The summed E-state index contributed by atoms with van der Waals surface area (Å²) in [6, 6.07) is 12.9. The van der Waals surface area contributed by atoms with Gasteiger partial charge >= 0.3 is 5.97 Å². The quantitative estimate of drug-likeness (QED) is 0.290. The minimum absolute atomic E-state index is 0.201. The Hall–Kier alpha value is -4.30. The second kappa shape index (κ2) is 9.39.